The van der Waals surface area contributed by atoms with Crippen LogP contribution in [0.1, 0.15) is 15.3 Å². The highest BCUT2D eigenvalue weighted by Gasteiger charge is 1.65. The minimum atomic E-state index is -0.833. The molecular weight excluding hydrogens is 94.0 g/mol. The van der Waals surface area contributed by atoms with Crippen LogP contribution >= 0.6 is 0 Å². The molecule has 0 rings (SSSR count). The molecule has 0 spiro atoms. The van der Waals surface area contributed by atoms with E-state index < -0.39 is 5.97 Å². The van der Waals surface area contributed by atoms with Gasteiger partial charge in [-0.2, -0.15) is 5.26 Å². The van der Waals surface area contributed by atoms with E-state index in [-0.39, 0.29) is 1.43 Å². The van der Waals surface area contributed by atoms with Crippen LogP contribution in [0.3, 0.4) is 0 Å². The quantitative estimate of drug-likeness (QED) is 0.494. The van der Waals surface area contributed by atoms with Gasteiger partial charge in [-0.1, -0.05) is 0 Å². The summed E-state index contributed by atoms with van der Waals surface area (Å²) in [4.78, 5) is 9.00. The number of aliphatic carboxylic acids is 1. The smallest absolute Gasteiger partial charge is 0.300 e. The zero-order valence-corrected chi connectivity index (χ0v) is 4.30. The van der Waals surface area contributed by atoms with Crippen molar-refractivity contribution in [3.8, 4) is 6.07 Å². The van der Waals surface area contributed by atoms with Crippen LogP contribution in [-0.4, -0.2) is 11.1 Å². The average molecular weight is 103 g/mol. The second kappa shape index (κ2) is 8.88. The Labute approximate surface area is 43.7 Å². The van der Waals surface area contributed by atoms with E-state index >= 15 is 0 Å². The summed E-state index contributed by atoms with van der Waals surface area (Å²) >= 11 is 0. The summed E-state index contributed by atoms with van der Waals surface area (Å²) in [7, 11) is 0. The molecular formula is C4H9NO2. The molecule has 1 N–H and O–H groups in total. The van der Waals surface area contributed by atoms with Crippen LogP contribution in [0.25, 0.3) is 0 Å². The largest absolute Gasteiger partial charge is 0.481 e. The second-order valence-corrected chi connectivity index (χ2v) is 0.743. The third-order valence-electron chi connectivity index (χ3n) is 0. The van der Waals surface area contributed by atoms with Crippen molar-refractivity contribution >= 4 is 5.97 Å². The van der Waals surface area contributed by atoms with Crippen molar-refractivity contribution in [1.82, 2.24) is 0 Å². The van der Waals surface area contributed by atoms with E-state index in [2.05, 4.69) is 0 Å². The van der Waals surface area contributed by atoms with Crippen LogP contribution in [0.4, 0.5) is 0 Å². The molecule has 42 valence electrons. The van der Waals surface area contributed by atoms with Crippen LogP contribution in [0, 0.1) is 11.3 Å². The van der Waals surface area contributed by atoms with Crippen LogP contribution in [0.2, 0.25) is 0 Å². The number of carboxylic acids is 1. The van der Waals surface area contributed by atoms with E-state index in [0.717, 1.165) is 6.92 Å². The fourth-order valence-corrected chi connectivity index (χ4v) is 0. The van der Waals surface area contributed by atoms with Crippen molar-refractivity contribution in [2.75, 3.05) is 0 Å². The van der Waals surface area contributed by atoms with Gasteiger partial charge in [0.1, 0.15) is 0 Å². The Bertz CT molecular complexity index is 82.5. The molecule has 0 radical (unpaired) electrons. The highest BCUT2D eigenvalue weighted by molar-refractivity contribution is 5.62. The van der Waals surface area contributed by atoms with Gasteiger partial charge in [0.2, 0.25) is 0 Å². The monoisotopic (exact) mass is 103 g/mol. The van der Waals surface area contributed by atoms with Crippen LogP contribution < -0.4 is 0 Å². The van der Waals surface area contributed by atoms with Gasteiger partial charge in [0, 0.05) is 15.3 Å². The van der Waals surface area contributed by atoms with Crippen LogP contribution in [0.15, 0.2) is 0 Å². The maximum Gasteiger partial charge on any atom is 0.300 e. The van der Waals surface area contributed by atoms with E-state index in [0.29, 0.717) is 0 Å². The molecule has 0 amide bonds. The summed E-state index contributed by atoms with van der Waals surface area (Å²) in [6, 6.07) is 1.75. The van der Waals surface area contributed by atoms with Crippen LogP contribution in [-0.2, 0) is 4.79 Å². The number of rotatable bonds is 0. The standard InChI is InChI=1S/C2H3N.C2H4O2.H2/c1-2-3;1-2(3)4;/h1H3;1H3,(H,3,4);1H. The normalized spacial score (nSPS) is 4.71. The van der Waals surface area contributed by atoms with E-state index in [1.165, 1.54) is 6.92 Å². The minimum Gasteiger partial charge on any atom is -0.481 e. The number of carbonyl (C=O) groups is 1. The van der Waals surface area contributed by atoms with Gasteiger partial charge in [0.15, 0.2) is 0 Å². The lowest BCUT2D eigenvalue weighted by Crippen LogP contribution is -1.78. The molecule has 0 heterocycles. The molecule has 0 bridgehead atoms. The summed E-state index contributed by atoms with van der Waals surface area (Å²) in [6.07, 6.45) is 0. The number of hydrogen-bond acceptors (Lipinski definition) is 2. The summed E-state index contributed by atoms with van der Waals surface area (Å²) in [6.45, 7) is 2.51. The van der Waals surface area contributed by atoms with Gasteiger partial charge in [-0.15, -0.1) is 0 Å². The van der Waals surface area contributed by atoms with Gasteiger partial charge < -0.3 is 5.11 Å². The fraction of sp³-hybridized carbons (Fsp3) is 0.500. The Morgan fingerprint density at radius 3 is 2.00 bits per heavy atom. The van der Waals surface area contributed by atoms with E-state index in [1.54, 1.807) is 6.07 Å². The third-order valence-corrected chi connectivity index (χ3v) is 0. The van der Waals surface area contributed by atoms with Gasteiger partial charge in [0.05, 0.1) is 6.07 Å². The van der Waals surface area contributed by atoms with Crippen molar-refractivity contribution in [3.63, 3.8) is 0 Å². The molecule has 0 saturated heterocycles. The van der Waals surface area contributed by atoms with Crippen LogP contribution in [0.5, 0.6) is 0 Å². The highest BCUT2D eigenvalue weighted by Crippen LogP contribution is 1.42. The highest BCUT2D eigenvalue weighted by atomic mass is 16.4. The fourth-order valence-electron chi connectivity index (χ4n) is 0. The van der Waals surface area contributed by atoms with E-state index in [1.807, 2.05) is 0 Å². The molecule has 3 heteroatoms. The molecule has 0 aliphatic rings. The molecule has 0 unspecified atom stereocenters. The maximum absolute atomic E-state index is 9.00. The first kappa shape index (κ1) is 9.35. The lowest BCUT2D eigenvalue weighted by molar-refractivity contribution is -0.134. The van der Waals surface area contributed by atoms with Gasteiger partial charge >= 0.3 is 0 Å². The summed E-state index contributed by atoms with van der Waals surface area (Å²) in [5.41, 5.74) is 0. The third kappa shape index (κ3) is 40.2. The summed E-state index contributed by atoms with van der Waals surface area (Å²) in [5, 5.41) is 14.7. The number of nitrogens with zero attached hydrogens (tertiary/aromatic N) is 1. The van der Waals surface area contributed by atoms with Gasteiger partial charge in [0.25, 0.3) is 5.97 Å². The molecule has 0 aromatic carbocycles. The molecule has 0 aromatic rings. The lowest BCUT2D eigenvalue weighted by Gasteiger charge is -1.59. The topological polar surface area (TPSA) is 61.1 Å². The van der Waals surface area contributed by atoms with Crippen molar-refractivity contribution in [2.45, 2.75) is 13.8 Å². The van der Waals surface area contributed by atoms with Gasteiger partial charge in [-0.3, -0.25) is 4.79 Å². The molecule has 3 nitrogen and oxygen atoms in total. The Morgan fingerprint density at radius 1 is 2.00 bits per heavy atom. The Balaban J connectivity index is -0.0000000575. The predicted molar refractivity (Wildman–Crippen MR) is 26.7 cm³/mol. The summed E-state index contributed by atoms with van der Waals surface area (Å²) < 4.78 is 0. The Morgan fingerprint density at radius 2 is 2.00 bits per heavy atom. The maximum atomic E-state index is 9.00. The molecule has 0 aliphatic carbocycles. The van der Waals surface area contributed by atoms with Crippen molar-refractivity contribution in [1.29, 1.82) is 5.26 Å². The molecule has 7 heavy (non-hydrogen) atoms. The number of nitriles is 1. The first-order valence-corrected chi connectivity index (χ1v) is 1.65. The van der Waals surface area contributed by atoms with Gasteiger partial charge in [-0.05, 0) is 0 Å². The number of hydrogen-bond donors (Lipinski definition) is 1. The van der Waals surface area contributed by atoms with Crippen molar-refractivity contribution in [3.05, 3.63) is 0 Å². The molecule has 0 atom stereocenters. The minimum absolute atomic E-state index is 0. The molecule has 0 aromatic heterocycles. The predicted octanol–water partition coefficient (Wildman–Crippen LogP) is 0.867. The first-order valence-electron chi connectivity index (χ1n) is 1.65. The van der Waals surface area contributed by atoms with Gasteiger partial charge in [-0.25, -0.2) is 0 Å². The Kier molecular flexibility index (Phi) is 11.9. The number of carboxylic acid groups (broad SMARTS) is 1. The molecule has 0 saturated carbocycles. The summed E-state index contributed by atoms with van der Waals surface area (Å²) in [5.74, 6) is -0.833. The average Bonchev–Trinajstić information content (AvgIpc) is 1.33. The first-order chi connectivity index (χ1) is 3.15. The zero-order chi connectivity index (χ0) is 6.28. The zero-order valence-electron chi connectivity index (χ0n) is 4.30. The Hall–Kier alpha value is -1.04. The van der Waals surface area contributed by atoms with E-state index in [9.17, 15) is 0 Å². The lowest BCUT2D eigenvalue weighted by atomic mass is 10.9. The molecule has 0 fully saturated rings. The SMILES string of the molecule is CC#N.CC(=O)O.[HH]. The second-order valence-electron chi connectivity index (χ2n) is 0.743. The molecule has 0 aliphatic heterocycles. The van der Waals surface area contributed by atoms with E-state index in [4.69, 9.17) is 15.2 Å². The van der Waals surface area contributed by atoms with Crippen molar-refractivity contribution in [2.24, 2.45) is 0 Å². The van der Waals surface area contributed by atoms with Crippen molar-refractivity contribution < 1.29 is 11.3 Å².